The van der Waals surface area contributed by atoms with Gasteiger partial charge in [0.25, 0.3) is 5.91 Å². The Morgan fingerprint density at radius 2 is 2.00 bits per heavy atom. The third-order valence-corrected chi connectivity index (χ3v) is 3.30. The van der Waals surface area contributed by atoms with Gasteiger partial charge in [-0.2, -0.15) is 13.2 Å². The van der Waals surface area contributed by atoms with Gasteiger partial charge in [-0.05, 0) is 37.3 Å². The highest BCUT2D eigenvalue weighted by molar-refractivity contribution is 6.05. The summed E-state index contributed by atoms with van der Waals surface area (Å²) in [6.45, 7) is 1.32. The zero-order valence-corrected chi connectivity index (χ0v) is 12.2. The maximum atomic E-state index is 12.6. The fraction of sp³-hybridized carbons (Fsp3) is 0.133. The summed E-state index contributed by atoms with van der Waals surface area (Å²) in [4.78, 5) is 29.1. The first-order chi connectivity index (χ1) is 11.2. The minimum Gasteiger partial charge on any atom is -0.408 e. The normalized spacial score (nSPS) is 11.7. The van der Waals surface area contributed by atoms with Crippen molar-refractivity contribution in [3.8, 4) is 0 Å². The van der Waals surface area contributed by atoms with E-state index in [-0.39, 0.29) is 11.3 Å². The molecule has 2 N–H and O–H groups in total. The highest BCUT2D eigenvalue weighted by Crippen LogP contribution is 2.28. The molecule has 0 unspecified atom stereocenters. The highest BCUT2D eigenvalue weighted by atomic mass is 19.4. The van der Waals surface area contributed by atoms with Crippen LogP contribution in [-0.4, -0.2) is 15.9 Å². The van der Waals surface area contributed by atoms with Gasteiger partial charge in [0.15, 0.2) is 5.58 Å². The number of nitrogens with one attached hydrogen (secondary N) is 2. The van der Waals surface area contributed by atoms with Crippen molar-refractivity contribution in [1.29, 1.82) is 0 Å². The van der Waals surface area contributed by atoms with Gasteiger partial charge in [-0.15, -0.1) is 0 Å². The smallest absolute Gasteiger partial charge is 0.408 e. The number of aromatic amines is 1. The second kappa shape index (κ2) is 5.52. The number of H-pyrrole nitrogens is 1. The van der Waals surface area contributed by atoms with Crippen molar-refractivity contribution in [2.45, 2.75) is 13.1 Å². The predicted molar refractivity (Wildman–Crippen MR) is 78.8 cm³/mol. The number of alkyl halides is 3. The Balaban J connectivity index is 1.87. The van der Waals surface area contributed by atoms with Crippen LogP contribution < -0.4 is 11.1 Å². The fourth-order valence-electron chi connectivity index (χ4n) is 2.19. The lowest BCUT2D eigenvalue weighted by atomic mass is 10.1. The van der Waals surface area contributed by atoms with Gasteiger partial charge in [0, 0.05) is 5.69 Å². The van der Waals surface area contributed by atoms with Crippen LogP contribution in [0.25, 0.3) is 11.1 Å². The maximum absolute atomic E-state index is 12.6. The lowest BCUT2D eigenvalue weighted by Crippen LogP contribution is -2.16. The van der Waals surface area contributed by atoms with Crippen LogP contribution in [0, 0.1) is 6.92 Å². The fourth-order valence-corrected chi connectivity index (χ4v) is 2.19. The number of halogens is 3. The van der Waals surface area contributed by atoms with E-state index in [4.69, 9.17) is 4.42 Å². The molecule has 0 radical (unpaired) electrons. The molecule has 124 valence electrons. The molecule has 0 aliphatic rings. The average Bonchev–Trinajstić information content (AvgIpc) is 2.85. The number of anilines is 1. The van der Waals surface area contributed by atoms with Crippen LogP contribution in [0.3, 0.4) is 0 Å². The number of carbonyl (C=O) groups excluding carboxylic acids is 1. The molecule has 6 nitrogen and oxygen atoms in total. The molecule has 0 saturated heterocycles. The van der Waals surface area contributed by atoms with E-state index < -0.39 is 23.5 Å². The van der Waals surface area contributed by atoms with E-state index in [0.717, 1.165) is 12.1 Å². The summed E-state index contributed by atoms with van der Waals surface area (Å²) in [6.07, 6.45) is -4.57. The third kappa shape index (κ3) is 3.00. The number of carbonyl (C=O) groups is 1. The Morgan fingerprint density at radius 1 is 1.25 bits per heavy atom. The highest BCUT2D eigenvalue weighted by Gasteiger charge is 2.33. The second-order valence-electron chi connectivity index (χ2n) is 5.01. The predicted octanol–water partition coefficient (Wildman–Crippen LogP) is 3.10. The molecule has 24 heavy (non-hydrogen) atoms. The van der Waals surface area contributed by atoms with Crippen molar-refractivity contribution in [1.82, 2.24) is 9.97 Å². The van der Waals surface area contributed by atoms with Crippen LogP contribution in [0.1, 0.15) is 21.7 Å². The molecular weight excluding hydrogens is 327 g/mol. The standard InChI is InChI=1S/C15H10F3N3O3/c1-7-9(3-5-12(19-7)15(16,17)18)13(22)20-8-2-4-11-10(6-8)21-14(23)24-11/h2-6H,1H3,(H,20,22)(H,21,23). The summed E-state index contributed by atoms with van der Waals surface area (Å²) < 4.78 is 42.6. The molecule has 2 aromatic heterocycles. The summed E-state index contributed by atoms with van der Waals surface area (Å²) in [6, 6.07) is 6.28. The topological polar surface area (TPSA) is 88.0 Å². The summed E-state index contributed by atoms with van der Waals surface area (Å²) in [5.74, 6) is -1.24. The lowest BCUT2D eigenvalue weighted by Gasteiger charge is -2.10. The Morgan fingerprint density at radius 3 is 2.67 bits per heavy atom. The van der Waals surface area contributed by atoms with Crippen LogP contribution in [0.15, 0.2) is 39.5 Å². The van der Waals surface area contributed by atoms with Crippen LogP contribution in [0.5, 0.6) is 0 Å². The van der Waals surface area contributed by atoms with E-state index in [1.807, 2.05) is 0 Å². The minimum atomic E-state index is -4.57. The van der Waals surface area contributed by atoms with Gasteiger partial charge in [-0.25, -0.2) is 9.78 Å². The quantitative estimate of drug-likeness (QED) is 0.752. The number of nitrogens with zero attached hydrogens (tertiary/aromatic N) is 1. The maximum Gasteiger partial charge on any atom is 0.433 e. The number of aryl methyl sites for hydroxylation is 1. The van der Waals surface area contributed by atoms with Crippen LogP contribution >= 0.6 is 0 Å². The zero-order valence-electron chi connectivity index (χ0n) is 12.2. The summed E-state index contributed by atoms with van der Waals surface area (Å²) in [5, 5.41) is 2.53. The van der Waals surface area contributed by atoms with Gasteiger partial charge in [-0.3, -0.25) is 9.78 Å². The summed E-state index contributed by atoms with van der Waals surface area (Å²) in [5.41, 5.74) is -0.0212. The molecule has 0 saturated carbocycles. The molecular formula is C15H10F3N3O3. The van der Waals surface area contributed by atoms with Crippen LogP contribution in [0.4, 0.5) is 18.9 Å². The molecule has 3 rings (SSSR count). The van der Waals surface area contributed by atoms with E-state index in [2.05, 4.69) is 15.3 Å². The van der Waals surface area contributed by atoms with Gasteiger partial charge in [0.05, 0.1) is 16.8 Å². The van der Waals surface area contributed by atoms with Crippen molar-refractivity contribution >= 4 is 22.7 Å². The average molecular weight is 337 g/mol. The number of aromatic nitrogens is 2. The van der Waals surface area contributed by atoms with Gasteiger partial charge < -0.3 is 9.73 Å². The number of hydrogen-bond acceptors (Lipinski definition) is 4. The first-order valence-electron chi connectivity index (χ1n) is 6.73. The largest absolute Gasteiger partial charge is 0.433 e. The first kappa shape index (κ1) is 15.8. The van der Waals surface area contributed by atoms with Crippen LogP contribution in [0.2, 0.25) is 0 Å². The third-order valence-electron chi connectivity index (χ3n) is 3.30. The van der Waals surface area contributed by atoms with E-state index in [9.17, 15) is 22.8 Å². The molecule has 9 heteroatoms. The van der Waals surface area contributed by atoms with Crippen LogP contribution in [-0.2, 0) is 6.18 Å². The molecule has 3 aromatic rings. The minimum absolute atomic E-state index is 0.0174. The van der Waals surface area contributed by atoms with E-state index in [1.54, 1.807) is 0 Å². The van der Waals surface area contributed by atoms with Crippen molar-refractivity contribution in [2.75, 3.05) is 5.32 Å². The summed E-state index contributed by atoms with van der Waals surface area (Å²) in [7, 11) is 0. The number of amides is 1. The van der Waals surface area contributed by atoms with Crippen molar-refractivity contribution < 1.29 is 22.4 Å². The van der Waals surface area contributed by atoms with E-state index in [0.29, 0.717) is 16.8 Å². The molecule has 1 amide bonds. The monoisotopic (exact) mass is 337 g/mol. The first-order valence-corrected chi connectivity index (χ1v) is 6.73. The molecule has 1 aromatic carbocycles. The van der Waals surface area contributed by atoms with Gasteiger partial charge in [-0.1, -0.05) is 0 Å². The molecule has 0 aliphatic heterocycles. The Bertz CT molecular complexity index is 989. The molecule has 0 fully saturated rings. The van der Waals surface area contributed by atoms with Crippen molar-refractivity contribution in [3.05, 3.63) is 57.8 Å². The molecule has 0 spiro atoms. The Kier molecular flexibility index (Phi) is 3.63. The van der Waals surface area contributed by atoms with Gasteiger partial charge in [0.2, 0.25) is 0 Å². The Labute approximate surface area is 132 Å². The second-order valence-corrected chi connectivity index (χ2v) is 5.01. The molecule has 0 atom stereocenters. The molecule has 2 heterocycles. The zero-order chi connectivity index (χ0) is 17.5. The van der Waals surface area contributed by atoms with Gasteiger partial charge in [0.1, 0.15) is 5.69 Å². The Hall–Kier alpha value is -3.10. The van der Waals surface area contributed by atoms with E-state index in [1.165, 1.54) is 25.1 Å². The van der Waals surface area contributed by atoms with Crippen molar-refractivity contribution in [3.63, 3.8) is 0 Å². The number of benzene rings is 1. The number of hydrogen-bond donors (Lipinski definition) is 2. The SMILES string of the molecule is Cc1nc(C(F)(F)F)ccc1C(=O)Nc1ccc2oc(=O)[nH]c2c1. The number of oxazole rings is 1. The van der Waals surface area contributed by atoms with Crippen molar-refractivity contribution in [2.24, 2.45) is 0 Å². The summed E-state index contributed by atoms with van der Waals surface area (Å²) >= 11 is 0. The molecule has 0 bridgehead atoms. The number of pyridine rings is 1. The van der Waals surface area contributed by atoms with E-state index >= 15 is 0 Å². The lowest BCUT2D eigenvalue weighted by molar-refractivity contribution is -0.141. The molecule has 0 aliphatic carbocycles. The number of fused-ring (bicyclic) bond motifs is 1. The van der Waals surface area contributed by atoms with Gasteiger partial charge >= 0.3 is 11.9 Å². The number of rotatable bonds is 2.